The second-order valence-corrected chi connectivity index (χ2v) is 11.7. The number of ketones is 1. The minimum Gasteiger partial charge on any atom is -0.493 e. The first-order chi connectivity index (χ1) is 21.3. The molecule has 0 saturated carbocycles. The number of Topliss-reactive ketones (excluding diaryl/α,β-unsaturated/α-hetero) is 1. The zero-order valence-electron chi connectivity index (χ0n) is 25.9. The Hall–Kier alpha value is -4.82. The molecule has 0 atom stereocenters. The highest BCUT2D eigenvalue weighted by Crippen LogP contribution is 2.42. The Morgan fingerprint density at radius 3 is 2.11 bits per heavy atom. The number of nitrogens with one attached hydrogen (secondary N) is 1. The van der Waals surface area contributed by atoms with Gasteiger partial charge >= 0.3 is 18.1 Å². The number of carboxylic acid groups (broad SMARTS) is 2. The van der Waals surface area contributed by atoms with Crippen LogP contribution >= 0.6 is 0 Å². The maximum absolute atomic E-state index is 13.7. The van der Waals surface area contributed by atoms with Crippen LogP contribution < -0.4 is 20.1 Å². The number of ether oxygens (including phenoxy) is 2. The average molecular weight is 651 g/mol. The Morgan fingerprint density at radius 2 is 1.61 bits per heavy atom. The van der Waals surface area contributed by atoms with E-state index in [0.717, 1.165) is 42.7 Å². The molecule has 0 aliphatic carbocycles. The summed E-state index contributed by atoms with van der Waals surface area (Å²) in [6, 6.07) is 6.85. The molecule has 2 aromatic carbocycles. The van der Waals surface area contributed by atoms with Gasteiger partial charge in [-0.2, -0.15) is 13.2 Å². The molecule has 0 unspecified atom stereocenters. The Labute approximate surface area is 263 Å². The highest BCUT2D eigenvalue weighted by Gasteiger charge is 2.38. The van der Waals surface area contributed by atoms with Crippen molar-refractivity contribution >= 4 is 35.2 Å². The number of amidine groups is 1. The largest absolute Gasteiger partial charge is 0.493 e. The molecular weight excluding hydrogens is 613 g/mol. The number of hydrogen-bond acceptors (Lipinski definition) is 8. The Bertz CT molecular complexity index is 1530. The van der Waals surface area contributed by atoms with E-state index in [9.17, 15) is 32.7 Å². The lowest BCUT2D eigenvalue weighted by Gasteiger charge is -2.29. The lowest BCUT2D eigenvalue weighted by Crippen LogP contribution is -2.31. The number of carbonyl (C=O) groups is 4. The van der Waals surface area contributed by atoms with Crippen molar-refractivity contribution in [1.82, 2.24) is 4.90 Å². The number of fused-ring (bicyclic) bond motifs is 1. The van der Waals surface area contributed by atoms with Crippen molar-refractivity contribution in [3.63, 3.8) is 0 Å². The summed E-state index contributed by atoms with van der Waals surface area (Å²) in [5.74, 6) is -3.64. The minimum absolute atomic E-state index is 0.0399. The number of primary amides is 1. The van der Waals surface area contributed by atoms with E-state index < -0.39 is 36.0 Å². The standard InChI is InChI=1S/C29H36N4O6.C2HF3O2/c1-5-38-24-12-18-14-33(27(30)19(18)13-20(24)28(31)37)15-23(34)17-10-21(29(2,3)4)26(39-16-25(35)36)22(11-17)32-8-6-7-9-32;3-2(4,5)1(6)7/h10-13,30H,5-9,14-16H2,1-4H3,(H2,31,37)(H,35,36);(H,6,7). The summed E-state index contributed by atoms with van der Waals surface area (Å²) in [6.07, 6.45) is -3.08. The summed E-state index contributed by atoms with van der Waals surface area (Å²) in [4.78, 5) is 49.7. The van der Waals surface area contributed by atoms with Crippen molar-refractivity contribution < 1.29 is 52.0 Å². The second kappa shape index (κ2) is 14.1. The molecule has 0 aromatic heterocycles. The first-order valence-electron chi connectivity index (χ1n) is 14.4. The van der Waals surface area contributed by atoms with E-state index in [0.29, 0.717) is 35.8 Å². The van der Waals surface area contributed by atoms with Gasteiger partial charge in [-0.15, -0.1) is 0 Å². The van der Waals surface area contributed by atoms with Crippen molar-refractivity contribution in [1.29, 1.82) is 5.41 Å². The van der Waals surface area contributed by atoms with Gasteiger partial charge in [-0.25, -0.2) is 9.59 Å². The number of amides is 1. The number of nitrogens with zero attached hydrogens (tertiary/aromatic N) is 2. The molecule has 250 valence electrons. The van der Waals surface area contributed by atoms with Gasteiger partial charge in [0.15, 0.2) is 12.4 Å². The minimum atomic E-state index is -5.08. The third-order valence-corrected chi connectivity index (χ3v) is 7.27. The van der Waals surface area contributed by atoms with Gasteiger partial charge in [-0.1, -0.05) is 20.8 Å². The van der Waals surface area contributed by atoms with Crippen LogP contribution in [0.15, 0.2) is 24.3 Å². The van der Waals surface area contributed by atoms with Crippen LogP contribution in [0, 0.1) is 5.41 Å². The predicted molar refractivity (Wildman–Crippen MR) is 161 cm³/mol. The maximum atomic E-state index is 13.7. The molecule has 2 aliphatic heterocycles. The SMILES string of the molecule is CCOc1cc2c(cc1C(N)=O)C(=N)N(CC(=O)c1cc(N3CCCC3)c(OCC(=O)O)c(C(C)(C)C)c1)C2.O=C(O)C(F)(F)F. The molecule has 2 aliphatic rings. The number of aliphatic carboxylic acids is 2. The zero-order valence-corrected chi connectivity index (χ0v) is 25.9. The van der Waals surface area contributed by atoms with Crippen LogP contribution in [-0.4, -0.2) is 83.6 Å². The molecule has 0 radical (unpaired) electrons. The van der Waals surface area contributed by atoms with E-state index in [4.69, 9.17) is 30.5 Å². The Balaban J connectivity index is 0.000000738. The van der Waals surface area contributed by atoms with Crippen LogP contribution in [0.25, 0.3) is 0 Å². The Morgan fingerprint density at radius 1 is 1.00 bits per heavy atom. The second-order valence-electron chi connectivity index (χ2n) is 11.7. The maximum Gasteiger partial charge on any atom is 0.490 e. The molecule has 0 spiro atoms. The van der Waals surface area contributed by atoms with Crippen molar-refractivity contribution in [3.8, 4) is 11.5 Å². The molecule has 5 N–H and O–H groups in total. The number of carbonyl (C=O) groups excluding carboxylic acids is 2. The van der Waals surface area contributed by atoms with Gasteiger partial charge in [0.2, 0.25) is 0 Å². The molecule has 15 heteroatoms. The topological polar surface area (TPSA) is 184 Å². The van der Waals surface area contributed by atoms with Gasteiger partial charge < -0.3 is 35.2 Å². The molecule has 1 fully saturated rings. The Kier molecular flexibility index (Phi) is 10.9. The molecule has 2 heterocycles. The third-order valence-electron chi connectivity index (χ3n) is 7.27. The zero-order chi connectivity index (χ0) is 34.6. The average Bonchev–Trinajstić information content (AvgIpc) is 3.59. The fourth-order valence-corrected chi connectivity index (χ4v) is 5.11. The number of alkyl halides is 3. The first-order valence-corrected chi connectivity index (χ1v) is 14.4. The molecule has 1 amide bonds. The number of nitrogens with two attached hydrogens (primary N) is 1. The van der Waals surface area contributed by atoms with Gasteiger partial charge in [-0.3, -0.25) is 15.0 Å². The van der Waals surface area contributed by atoms with Crippen LogP contribution in [0.1, 0.15) is 77.9 Å². The summed E-state index contributed by atoms with van der Waals surface area (Å²) in [5.41, 5.74) is 8.60. The highest BCUT2D eigenvalue weighted by molar-refractivity contribution is 6.07. The summed E-state index contributed by atoms with van der Waals surface area (Å²) >= 11 is 0. The van der Waals surface area contributed by atoms with E-state index in [1.54, 1.807) is 29.2 Å². The smallest absolute Gasteiger partial charge is 0.490 e. The molecular formula is C31H37F3N4O8. The van der Waals surface area contributed by atoms with E-state index >= 15 is 0 Å². The van der Waals surface area contributed by atoms with Gasteiger partial charge in [0.05, 0.1) is 24.4 Å². The van der Waals surface area contributed by atoms with Gasteiger partial charge in [0.25, 0.3) is 5.91 Å². The fourth-order valence-electron chi connectivity index (χ4n) is 5.11. The number of anilines is 1. The number of hydrogen-bond donors (Lipinski definition) is 4. The van der Waals surface area contributed by atoms with Crippen molar-refractivity contribution in [2.24, 2.45) is 5.73 Å². The van der Waals surface area contributed by atoms with Crippen LogP contribution in [-0.2, 0) is 21.5 Å². The highest BCUT2D eigenvalue weighted by atomic mass is 19.4. The van der Waals surface area contributed by atoms with E-state index in [-0.39, 0.29) is 23.7 Å². The number of rotatable bonds is 10. The van der Waals surface area contributed by atoms with Crippen molar-refractivity contribution in [2.75, 3.05) is 37.7 Å². The number of carboxylic acids is 2. The van der Waals surface area contributed by atoms with Crippen LogP contribution in [0.4, 0.5) is 18.9 Å². The quantitative estimate of drug-likeness (QED) is 0.272. The predicted octanol–water partition coefficient (Wildman–Crippen LogP) is 4.20. The van der Waals surface area contributed by atoms with E-state index in [1.807, 2.05) is 27.7 Å². The van der Waals surface area contributed by atoms with Gasteiger partial charge in [0, 0.05) is 36.3 Å². The van der Waals surface area contributed by atoms with Crippen molar-refractivity contribution in [3.05, 3.63) is 52.1 Å². The van der Waals surface area contributed by atoms with Crippen LogP contribution in [0.3, 0.4) is 0 Å². The van der Waals surface area contributed by atoms with Gasteiger partial charge in [0.1, 0.15) is 17.3 Å². The van der Waals surface area contributed by atoms with Crippen LogP contribution in [0.5, 0.6) is 11.5 Å². The third kappa shape index (κ3) is 8.46. The van der Waals surface area contributed by atoms with Crippen LogP contribution in [0.2, 0.25) is 0 Å². The molecule has 12 nitrogen and oxygen atoms in total. The summed E-state index contributed by atoms with van der Waals surface area (Å²) < 4.78 is 43.1. The molecule has 4 rings (SSSR count). The molecule has 1 saturated heterocycles. The monoisotopic (exact) mass is 650 g/mol. The normalized spacial score (nSPS) is 14.4. The van der Waals surface area contributed by atoms with E-state index in [2.05, 4.69) is 4.90 Å². The summed E-state index contributed by atoms with van der Waals surface area (Å²) in [5, 5.41) is 25.1. The first kappa shape index (κ1) is 35.7. The van der Waals surface area contributed by atoms with E-state index in [1.165, 1.54) is 0 Å². The summed E-state index contributed by atoms with van der Waals surface area (Å²) in [7, 11) is 0. The lowest BCUT2D eigenvalue weighted by atomic mass is 9.84. The summed E-state index contributed by atoms with van der Waals surface area (Å²) in [6.45, 7) is 9.56. The number of halogens is 3. The number of benzene rings is 2. The molecule has 2 aromatic rings. The molecule has 46 heavy (non-hydrogen) atoms. The fraction of sp³-hybridized carbons (Fsp3) is 0.452. The molecule has 0 bridgehead atoms. The van der Waals surface area contributed by atoms with Crippen molar-refractivity contribution in [2.45, 2.75) is 58.7 Å². The lowest BCUT2D eigenvalue weighted by molar-refractivity contribution is -0.192. The van der Waals surface area contributed by atoms with Gasteiger partial charge in [-0.05, 0) is 55.0 Å².